The minimum atomic E-state index is 0.324. The summed E-state index contributed by atoms with van der Waals surface area (Å²) in [6.45, 7) is 4.65. The zero-order chi connectivity index (χ0) is 11.0. The molecule has 0 aliphatic carbocycles. The molecule has 2 N–H and O–H groups in total. The SMILES string of the molecule is Cc1[nH]c2ccccc2c1[C@@H]1COCCN1. The molecule has 1 fully saturated rings. The fraction of sp³-hybridized carbons (Fsp3) is 0.385. The highest BCUT2D eigenvalue weighted by molar-refractivity contribution is 5.85. The second-order valence-corrected chi connectivity index (χ2v) is 4.29. The Morgan fingerprint density at radius 3 is 3.00 bits per heavy atom. The Hall–Kier alpha value is -1.32. The van der Waals surface area contributed by atoms with E-state index in [0.29, 0.717) is 6.04 Å². The molecule has 1 aliphatic heterocycles. The van der Waals surface area contributed by atoms with Crippen molar-refractivity contribution >= 4 is 10.9 Å². The van der Waals surface area contributed by atoms with Crippen molar-refractivity contribution in [3.05, 3.63) is 35.5 Å². The molecule has 1 saturated heterocycles. The van der Waals surface area contributed by atoms with Crippen molar-refractivity contribution in [2.75, 3.05) is 19.8 Å². The molecule has 2 aromatic rings. The summed E-state index contributed by atoms with van der Waals surface area (Å²) in [5, 5.41) is 4.82. The second-order valence-electron chi connectivity index (χ2n) is 4.29. The van der Waals surface area contributed by atoms with Crippen LogP contribution in [0.2, 0.25) is 0 Å². The van der Waals surface area contributed by atoms with E-state index in [-0.39, 0.29) is 0 Å². The molecule has 0 bridgehead atoms. The number of morpholine rings is 1. The number of ether oxygens (including phenoxy) is 1. The zero-order valence-corrected chi connectivity index (χ0v) is 9.42. The lowest BCUT2D eigenvalue weighted by molar-refractivity contribution is 0.0771. The van der Waals surface area contributed by atoms with Gasteiger partial charge in [-0.05, 0) is 18.6 Å². The number of rotatable bonds is 1. The summed E-state index contributed by atoms with van der Waals surface area (Å²) in [6.07, 6.45) is 0. The molecular formula is C13H16N2O. The molecule has 1 aromatic heterocycles. The minimum Gasteiger partial charge on any atom is -0.378 e. The highest BCUT2D eigenvalue weighted by Gasteiger charge is 2.20. The average Bonchev–Trinajstić information content (AvgIpc) is 2.66. The van der Waals surface area contributed by atoms with Gasteiger partial charge in [0.1, 0.15) is 0 Å². The summed E-state index contributed by atoms with van der Waals surface area (Å²) in [4.78, 5) is 3.43. The maximum Gasteiger partial charge on any atom is 0.0663 e. The average molecular weight is 216 g/mol. The number of hydrogen-bond acceptors (Lipinski definition) is 2. The highest BCUT2D eigenvalue weighted by Crippen LogP contribution is 2.28. The van der Waals surface area contributed by atoms with Gasteiger partial charge in [0, 0.05) is 23.1 Å². The van der Waals surface area contributed by atoms with Gasteiger partial charge in [-0.2, -0.15) is 0 Å². The molecular weight excluding hydrogens is 200 g/mol. The third-order valence-corrected chi connectivity index (χ3v) is 3.21. The van der Waals surface area contributed by atoms with Crippen LogP contribution in [-0.4, -0.2) is 24.7 Å². The molecule has 1 atom stereocenters. The molecule has 3 heteroatoms. The number of nitrogens with one attached hydrogen (secondary N) is 2. The molecule has 1 aromatic carbocycles. The van der Waals surface area contributed by atoms with E-state index >= 15 is 0 Å². The predicted molar refractivity (Wildman–Crippen MR) is 64.6 cm³/mol. The van der Waals surface area contributed by atoms with Gasteiger partial charge in [0.15, 0.2) is 0 Å². The molecule has 0 unspecified atom stereocenters. The molecule has 16 heavy (non-hydrogen) atoms. The van der Waals surface area contributed by atoms with Gasteiger partial charge >= 0.3 is 0 Å². The van der Waals surface area contributed by atoms with E-state index in [9.17, 15) is 0 Å². The topological polar surface area (TPSA) is 37.0 Å². The third kappa shape index (κ3) is 1.52. The van der Waals surface area contributed by atoms with Crippen LogP contribution in [0.1, 0.15) is 17.3 Å². The molecule has 0 amide bonds. The summed E-state index contributed by atoms with van der Waals surface area (Å²) in [7, 11) is 0. The maximum atomic E-state index is 5.53. The van der Waals surface area contributed by atoms with Gasteiger partial charge in [0.05, 0.1) is 19.3 Å². The van der Waals surface area contributed by atoms with Gasteiger partial charge in [-0.15, -0.1) is 0 Å². The first-order chi connectivity index (χ1) is 7.86. The zero-order valence-electron chi connectivity index (χ0n) is 9.42. The summed E-state index contributed by atoms with van der Waals surface area (Å²) in [5.74, 6) is 0. The third-order valence-electron chi connectivity index (χ3n) is 3.21. The Morgan fingerprint density at radius 1 is 1.31 bits per heavy atom. The van der Waals surface area contributed by atoms with Gasteiger partial charge in [-0.25, -0.2) is 0 Å². The molecule has 0 spiro atoms. The Morgan fingerprint density at radius 2 is 2.19 bits per heavy atom. The molecule has 84 valence electrons. The second kappa shape index (κ2) is 3.92. The lowest BCUT2D eigenvalue weighted by Gasteiger charge is -2.24. The van der Waals surface area contributed by atoms with Crippen LogP contribution >= 0.6 is 0 Å². The molecule has 3 nitrogen and oxygen atoms in total. The Bertz CT molecular complexity index is 498. The van der Waals surface area contributed by atoms with Crippen LogP contribution in [0, 0.1) is 6.92 Å². The first kappa shape index (κ1) is 9.87. The number of aromatic amines is 1. The van der Waals surface area contributed by atoms with E-state index in [1.807, 2.05) is 0 Å². The monoisotopic (exact) mass is 216 g/mol. The number of aromatic nitrogens is 1. The van der Waals surface area contributed by atoms with Gasteiger partial charge in [-0.3, -0.25) is 0 Å². The van der Waals surface area contributed by atoms with Crippen LogP contribution in [0.15, 0.2) is 24.3 Å². The van der Waals surface area contributed by atoms with E-state index in [4.69, 9.17) is 4.74 Å². The largest absolute Gasteiger partial charge is 0.378 e. The first-order valence-electron chi connectivity index (χ1n) is 5.74. The number of aryl methyl sites for hydroxylation is 1. The normalized spacial score (nSPS) is 21.4. The lowest BCUT2D eigenvalue weighted by atomic mass is 10.0. The van der Waals surface area contributed by atoms with Crippen molar-refractivity contribution in [2.45, 2.75) is 13.0 Å². The van der Waals surface area contributed by atoms with Crippen molar-refractivity contribution in [1.29, 1.82) is 0 Å². The van der Waals surface area contributed by atoms with E-state index in [1.54, 1.807) is 0 Å². The number of hydrogen-bond donors (Lipinski definition) is 2. The van der Waals surface area contributed by atoms with Crippen LogP contribution in [0.25, 0.3) is 10.9 Å². The summed E-state index contributed by atoms with van der Waals surface area (Å²) in [6, 6.07) is 8.76. The van der Waals surface area contributed by atoms with Crippen molar-refractivity contribution < 1.29 is 4.74 Å². The van der Waals surface area contributed by atoms with Gasteiger partial charge in [0.2, 0.25) is 0 Å². The predicted octanol–water partition coefficient (Wildman–Crippen LogP) is 2.14. The molecule has 3 rings (SSSR count). The van der Waals surface area contributed by atoms with Crippen molar-refractivity contribution in [1.82, 2.24) is 10.3 Å². The van der Waals surface area contributed by atoms with Crippen LogP contribution in [-0.2, 0) is 4.74 Å². The Labute approximate surface area is 94.8 Å². The Kier molecular flexibility index (Phi) is 2.42. The van der Waals surface area contributed by atoms with Crippen LogP contribution in [0.4, 0.5) is 0 Å². The van der Waals surface area contributed by atoms with Crippen molar-refractivity contribution in [2.24, 2.45) is 0 Å². The Balaban J connectivity index is 2.10. The molecule has 0 saturated carbocycles. The summed E-state index contributed by atoms with van der Waals surface area (Å²) in [5.41, 5.74) is 3.81. The first-order valence-corrected chi connectivity index (χ1v) is 5.74. The maximum absolute atomic E-state index is 5.53. The molecule has 2 heterocycles. The molecule has 0 radical (unpaired) electrons. The van der Waals surface area contributed by atoms with Crippen molar-refractivity contribution in [3.8, 4) is 0 Å². The highest BCUT2D eigenvalue weighted by atomic mass is 16.5. The van der Waals surface area contributed by atoms with Gasteiger partial charge in [-0.1, -0.05) is 18.2 Å². The lowest BCUT2D eigenvalue weighted by Crippen LogP contribution is -2.34. The van der Waals surface area contributed by atoms with Crippen LogP contribution < -0.4 is 5.32 Å². The van der Waals surface area contributed by atoms with E-state index in [1.165, 1.54) is 22.2 Å². The summed E-state index contributed by atoms with van der Waals surface area (Å²) < 4.78 is 5.53. The number of benzene rings is 1. The number of H-pyrrole nitrogens is 1. The standard InChI is InChI=1S/C13H16N2O/c1-9-13(12-8-16-7-6-14-12)10-4-2-3-5-11(10)15-9/h2-5,12,14-15H,6-8H2,1H3/t12-/m0/s1. The van der Waals surface area contributed by atoms with Crippen LogP contribution in [0.3, 0.4) is 0 Å². The van der Waals surface area contributed by atoms with Crippen molar-refractivity contribution in [3.63, 3.8) is 0 Å². The van der Waals surface area contributed by atoms with Gasteiger partial charge in [0.25, 0.3) is 0 Å². The van der Waals surface area contributed by atoms with E-state index in [0.717, 1.165) is 19.8 Å². The summed E-state index contributed by atoms with van der Waals surface area (Å²) >= 11 is 0. The smallest absolute Gasteiger partial charge is 0.0663 e. The fourth-order valence-corrected chi connectivity index (χ4v) is 2.50. The van der Waals surface area contributed by atoms with E-state index < -0.39 is 0 Å². The molecule has 1 aliphatic rings. The fourth-order valence-electron chi connectivity index (χ4n) is 2.50. The van der Waals surface area contributed by atoms with Crippen LogP contribution in [0.5, 0.6) is 0 Å². The minimum absolute atomic E-state index is 0.324. The number of fused-ring (bicyclic) bond motifs is 1. The van der Waals surface area contributed by atoms with Gasteiger partial charge < -0.3 is 15.0 Å². The number of para-hydroxylation sites is 1. The van der Waals surface area contributed by atoms with E-state index in [2.05, 4.69) is 41.5 Å². The quantitative estimate of drug-likeness (QED) is 0.766.